The first-order chi connectivity index (χ1) is 5.83. The van der Waals surface area contributed by atoms with E-state index in [0.717, 1.165) is 12.1 Å². The lowest BCUT2D eigenvalue weighted by Gasteiger charge is -1.98. The van der Waals surface area contributed by atoms with Gasteiger partial charge in [0.25, 0.3) is 0 Å². The standard InChI is InChI=1S/C10H12N2/c1-3-8-4-6-11-10-9(8)5-7-12(10)2/h4-7H,3H2,1-2H3. The number of nitrogens with zero attached hydrogens (tertiary/aromatic N) is 2. The van der Waals surface area contributed by atoms with Crippen molar-refractivity contribution in [3.05, 3.63) is 30.1 Å². The Morgan fingerprint density at radius 3 is 3.00 bits per heavy atom. The lowest BCUT2D eigenvalue weighted by molar-refractivity contribution is 0.947. The number of pyridine rings is 1. The molecule has 2 nitrogen and oxygen atoms in total. The fraction of sp³-hybridized carbons (Fsp3) is 0.300. The van der Waals surface area contributed by atoms with Crippen molar-refractivity contribution in [2.45, 2.75) is 13.3 Å². The van der Waals surface area contributed by atoms with Gasteiger partial charge >= 0.3 is 0 Å². The molecule has 2 rings (SSSR count). The molecule has 0 fully saturated rings. The second-order valence-electron chi connectivity index (χ2n) is 2.99. The molecule has 62 valence electrons. The Hall–Kier alpha value is -1.31. The number of aryl methyl sites for hydroxylation is 2. The molecule has 0 aliphatic rings. The molecule has 12 heavy (non-hydrogen) atoms. The van der Waals surface area contributed by atoms with Crippen molar-refractivity contribution in [3.63, 3.8) is 0 Å². The Balaban J connectivity index is 2.81. The van der Waals surface area contributed by atoms with Crippen molar-refractivity contribution in [2.24, 2.45) is 7.05 Å². The van der Waals surface area contributed by atoms with Crippen LogP contribution in [0.2, 0.25) is 0 Å². The quantitative estimate of drug-likeness (QED) is 0.625. The van der Waals surface area contributed by atoms with E-state index in [1.54, 1.807) is 0 Å². The zero-order valence-corrected chi connectivity index (χ0v) is 7.41. The highest BCUT2D eigenvalue weighted by Crippen LogP contribution is 2.16. The van der Waals surface area contributed by atoms with Crippen LogP contribution in [-0.4, -0.2) is 9.55 Å². The minimum absolute atomic E-state index is 1.07. The van der Waals surface area contributed by atoms with Crippen LogP contribution in [0.25, 0.3) is 11.0 Å². The summed E-state index contributed by atoms with van der Waals surface area (Å²) in [5, 5.41) is 1.28. The lowest BCUT2D eigenvalue weighted by atomic mass is 10.1. The van der Waals surface area contributed by atoms with Crippen LogP contribution in [0, 0.1) is 0 Å². The number of rotatable bonds is 1. The molecular weight excluding hydrogens is 148 g/mol. The van der Waals surface area contributed by atoms with Gasteiger partial charge in [0.2, 0.25) is 0 Å². The summed E-state index contributed by atoms with van der Waals surface area (Å²) in [4.78, 5) is 4.31. The molecule has 2 heterocycles. The van der Waals surface area contributed by atoms with E-state index in [1.165, 1.54) is 10.9 Å². The van der Waals surface area contributed by atoms with Gasteiger partial charge < -0.3 is 4.57 Å². The zero-order chi connectivity index (χ0) is 8.55. The van der Waals surface area contributed by atoms with E-state index in [0.29, 0.717) is 0 Å². The molecule has 0 aliphatic heterocycles. The average molecular weight is 160 g/mol. The Morgan fingerprint density at radius 2 is 2.25 bits per heavy atom. The molecule has 0 amide bonds. The SMILES string of the molecule is CCc1ccnc2c1ccn2C. The van der Waals surface area contributed by atoms with Gasteiger partial charge in [-0.25, -0.2) is 4.98 Å². The molecule has 0 N–H and O–H groups in total. The molecule has 0 aliphatic carbocycles. The fourth-order valence-corrected chi connectivity index (χ4v) is 1.53. The van der Waals surface area contributed by atoms with Crippen molar-refractivity contribution in [3.8, 4) is 0 Å². The highest BCUT2D eigenvalue weighted by molar-refractivity contribution is 5.79. The second kappa shape index (κ2) is 2.63. The number of aromatic nitrogens is 2. The van der Waals surface area contributed by atoms with Gasteiger partial charge in [0.15, 0.2) is 0 Å². The lowest BCUT2D eigenvalue weighted by Crippen LogP contribution is -1.89. The summed E-state index contributed by atoms with van der Waals surface area (Å²) in [6.07, 6.45) is 5.00. The van der Waals surface area contributed by atoms with Crippen LogP contribution >= 0.6 is 0 Å². The molecule has 0 spiro atoms. The highest BCUT2D eigenvalue weighted by Gasteiger charge is 2.01. The molecule has 2 heteroatoms. The van der Waals surface area contributed by atoms with Crippen LogP contribution in [0.5, 0.6) is 0 Å². The van der Waals surface area contributed by atoms with Crippen molar-refractivity contribution >= 4 is 11.0 Å². The highest BCUT2D eigenvalue weighted by atomic mass is 15.0. The third kappa shape index (κ3) is 0.916. The molecule has 0 saturated heterocycles. The Bertz CT molecular complexity index is 401. The molecule has 0 radical (unpaired) electrons. The molecular formula is C10H12N2. The predicted octanol–water partition coefficient (Wildman–Crippen LogP) is 2.14. The van der Waals surface area contributed by atoms with Crippen LogP contribution < -0.4 is 0 Å². The summed E-state index contributed by atoms with van der Waals surface area (Å²) >= 11 is 0. The first-order valence-electron chi connectivity index (χ1n) is 4.22. The zero-order valence-electron chi connectivity index (χ0n) is 7.41. The summed E-state index contributed by atoms with van der Waals surface area (Å²) < 4.78 is 2.05. The van der Waals surface area contributed by atoms with Crippen molar-refractivity contribution in [2.75, 3.05) is 0 Å². The van der Waals surface area contributed by atoms with Gasteiger partial charge in [-0.15, -0.1) is 0 Å². The van der Waals surface area contributed by atoms with E-state index in [2.05, 4.69) is 34.8 Å². The third-order valence-corrected chi connectivity index (χ3v) is 2.24. The average Bonchev–Trinajstić information content (AvgIpc) is 2.48. The van der Waals surface area contributed by atoms with E-state index >= 15 is 0 Å². The second-order valence-corrected chi connectivity index (χ2v) is 2.99. The molecule has 0 aromatic carbocycles. The van der Waals surface area contributed by atoms with E-state index in [1.807, 2.05) is 13.2 Å². The maximum Gasteiger partial charge on any atom is 0.139 e. The molecule has 0 unspecified atom stereocenters. The van der Waals surface area contributed by atoms with E-state index in [9.17, 15) is 0 Å². The smallest absolute Gasteiger partial charge is 0.139 e. The van der Waals surface area contributed by atoms with Crippen LogP contribution in [0.4, 0.5) is 0 Å². The van der Waals surface area contributed by atoms with Crippen LogP contribution in [-0.2, 0) is 13.5 Å². The van der Waals surface area contributed by atoms with Gasteiger partial charge in [0.05, 0.1) is 0 Å². The third-order valence-electron chi connectivity index (χ3n) is 2.24. The maximum atomic E-state index is 4.31. The number of hydrogen-bond acceptors (Lipinski definition) is 1. The topological polar surface area (TPSA) is 17.8 Å². The van der Waals surface area contributed by atoms with Crippen LogP contribution in [0.15, 0.2) is 24.5 Å². The van der Waals surface area contributed by atoms with Gasteiger partial charge in [-0.05, 0) is 24.1 Å². The summed E-state index contributed by atoms with van der Waals surface area (Å²) in [6.45, 7) is 2.17. The van der Waals surface area contributed by atoms with Gasteiger partial charge in [-0.1, -0.05) is 6.92 Å². The first kappa shape index (κ1) is 7.35. The van der Waals surface area contributed by atoms with E-state index < -0.39 is 0 Å². The van der Waals surface area contributed by atoms with Gasteiger partial charge in [0.1, 0.15) is 5.65 Å². The Kier molecular flexibility index (Phi) is 1.61. The number of fused-ring (bicyclic) bond motifs is 1. The van der Waals surface area contributed by atoms with Gasteiger partial charge in [-0.3, -0.25) is 0 Å². The summed E-state index contributed by atoms with van der Waals surface area (Å²) in [5.41, 5.74) is 2.45. The van der Waals surface area contributed by atoms with Crippen molar-refractivity contribution < 1.29 is 0 Å². The normalized spacial score (nSPS) is 10.8. The van der Waals surface area contributed by atoms with Gasteiger partial charge in [-0.2, -0.15) is 0 Å². The monoisotopic (exact) mass is 160 g/mol. The minimum atomic E-state index is 1.07. The van der Waals surface area contributed by atoms with Crippen molar-refractivity contribution in [1.29, 1.82) is 0 Å². The summed E-state index contributed by atoms with van der Waals surface area (Å²) in [7, 11) is 2.02. The van der Waals surface area contributed by atoms with Gasteiger partial charge in [0, 0.05) is 24.8 Å². The molecule has 0 saturated carbocycles. The Labute approximate surface area is 71.8 Å². The fourth-order valence-electron chi connectivity index (χ4n) is 1.53. The van der Waals surface area contributed by atoms with Crippen LogP contribution in [0.3, 0.4) is 0 Å². The van der Waals surface area contributed by atoms with E-state index in [-0.39, 0.29) is 0 Å². The summed E-state index contributed by atoms with van der Waals surface area (Å²) in [6, 6.07) is 4.21. The molecule has 2 aromatic heterocycles. The largest absolute Gasteiger partial charge is 0.336 e. The first-order valence-corrected chi connectivity index (χ1v) is 4.22. The van der Waals surface area contributed by atoms with Crippen molar-refractivity contribution in [1.82, 2.24) is 9.55 Å². The molecule has 0 atom stereocenters. The minimum Gasteiger partial charge on any atom is -0.336 e. The predicted molar refractivity (Wildman–Crippen MR) is 50.1 cm³/mol. The molecule has 0 bridgehead atoms. The summed E-state index contributed by atoms with van der Waals surface area (Å²) in [5.74, 6) is 0. The Morgan fingerprint density at radius 1 is 1.42 bits per heavy atom. The van der Waals surface area contributed by atoms with E-state index in [4.69, 9.17) is 0 Å². The van der Waals surface area contributed by atoms with Crippen LogP contribution in [0.1, 0.15) is 12.5 Å². The number of hydrogen-bond donors (Lipinski definition) is 0. The maximum absolute atomic E-state index is 4.31. The molecule has 2 aromatic rings.